The number of hydrogen-bond donors (Lipinski definition) is 0. The van der Waals surface area contributed by atoms with Crippen molar-refractivity contribution in [1.82, 2.24) is 18.7 Å². The van der Waals surface area contributed by atoms with Gasteiger partial charge in [0.25, 0.3) is 5.91 Å². The SMILES string of the molecule is C#CCN1C(=O)COc2cc(F)c(N=c3snc4n3CC(C)(C)C4)cc21.CC(C)OC(=O)c1cc(-c2nn(C)c(C(F)(F)F)c2Br)c(F)cc1Cl. The van der Waals surface area contributed by atoms with Crippen molar-refractivity contribution in [3.63, 3.8) is 0 Å². The van der Waals surface area contributed by atoms with Crippen LogP contribution < -0.4 is 14.4 Å². The van der Waals surface area contributed by atoms with Crippen molar-refractivity contribution in [2.75, 3.05) is 18.1 Å². The van der Waals surface area contributed by atoms with Crippen LogP contribution >= 0.6 is 39.1 Å². The van der Waals surface area contributed by atoms with Crippen LogP contribution in [0.3, 0.4) is 0 Å². The average molecular weight is 816 g/mol. The van der Waals surface area contributed by atoms with Crippen LogP contribution in [0.2, 0.25) is 5.02 Å². The molecule has 0 spiro atoms. The highest BCUT2D eigenvalue weighted by Crippen LogP contribution is 2.41. The van der Waals surface area contributed by atoms with Crippen LogP contribution in [-0.2, 0) is 35.7 Å². The summed E-state index contributed by atoms with van der Waals surface area (Å²) in [6.45, 7) is 8.28. The summed E-state index contributed by atoms with van der Waals surface area (Å²) < 4.78 is 85.0. The Morgan fingerprint density at radius 1 is 1.24 bits per heavy atom. The van der Waals surface area contributed by atoms with Gasteiger partial charge in [-0.2, -0.15) is 22.6 Å². The average Bonchev–Trinajstić information content (AvgIpc) is 3.63. The van der Waals surface area contributed by atoms with Gasteiger partial charge in [0.2, 0.25) is 4.80 Å². The van der Waals surface area contributed by atoms with Gasteiger partial charge in [-0.05, 0) is 53.4 Å². The lowest BCUT2D eigenvalue weighted by Crippen LogP contribution is -2.39. The van der Waals surface area contributed by atoms with Gasteiger partial charge in [-0.25, -0.2) is 18.6 Å². The number of benzene rings is 2. The number of ether oxygens (including phenoxy) is 2. The van der Waals surface area contributed by atoms with Crippen LogP contribution in [0.4, 0.5) is 33.3 Å². The van der Waals surface area contributed by atoms with E-state index in [1.807, 2.05) is 4.57 Å². The fraction of sp³-hybridized carbons (Fsp3) is 0.364. The van der Waals surface area contributed by atoms with E-state index < -0.39 is 40.1 Å². The zero-order valence-electron chi connectivity index (χ0n) is 27.7. The van der Waals surface area contributed by atoms with Crippen LogP contribution in [0.1, 0.15) is 49.6 Å². The first kappa shape index (κ1) is 38.0. The van der Waals surface area contributed by atoms with E-state index in [0.717, 1.165) is 38.0 Å². The fourth-order valence-electron chi connectivity index (χ4n) is 5.39. The van der Waals surface area contributed by atoms with Gasteiger partial charge in [0.1, 0.15) is 28.8 Å². The third-order valence-electron chi connectivity index (χ3n) is 7.57. The predicted octanol–water partition coefficient (Wildman–Crippen LogP) is 7.48. The Bertz CT molecular complexity index is 2150. The second-order valence-corrected chi connectivity index (χ2v) is 14.5. The summed E-state index contributed by atoms with van der Waals surface area (Å²) in [5, 5.41) is 3.50. The fourth-order valence-corrected chi connectivity index (χ4v) is 7.15. The first-order valence-electron chi connectivity index (χ1n) is 15.1. The molecule has 0 N–H and O–H groups in total. The molecule has 6 rings (SSSR count). The monoisotopic (exact) mass is 814 g/mol. The number of anilines is 1. The quantitative estimate of drug-likeness (QED) is 0.118. The molecule has 270 valence electrons. The van der Waals surface area contributed by atoms with Crippen molar-refractivity contribution in [2.24, 2.45) is 17.5 Å². The van der Waals surface area contributed by atoms with Crippen molar-refractivity contribution >= 4 is 62.3 Å². The number of carbonyl (C=O) groups is 2. The summed E-state index contributed by atoms with van der Waals surface area (Å²) in [5.41, 5.74) is -1.18. The minimum absolute atomic E-state index is 0.0964. The largest absolute Gasteiger partial charge is 0.481 e. The van der Waals surface area contributed by atoms with Crippen LogP contribution in [0, 0.1) is 29.4 Å². The molecule has 0 saturated carbocycles. The van der Waals surface area contributed by atoms with E-state index in [-0.39, 0.29) is 52.0 Å². The molecule has 18 heteroatoms. The molecular weight excluding hydrogens is 787 g/mol. The topological polar surface area (TPSA) is 104 Å². The lowest BCUT2D eigenvalue weighted by Gasteiger charge is -2.28. The third-order valence-corrected chi connectivity index (χ3v) is 9.41. The normalized spacial score (nSPS) is 15.2. The van der Waals surface area contributed by atoms with Gasteiger partial charge in [-0.3, -0.25) is 14.4 Å². The van der Waals surface area contributed by atoms with Gasteiger partial charge in [-0.1, -0.05) is 31.4 Å². The molecule has 0 unspecified atom stereocenters. The van der Waals surface area contributed by atoms with Gasteiger partial charge in [0.05, 0.1) is 33.4 Å². The number of carbonyl (C=O) groups excluding carboxylic acids is 2. The van der Waals surface area contributed by atoms with E-state index in [2.05, 4.69) is 50.2 Å². The Labute approximate surface area is 306 Å². The molecule has 2 aromatic heterocycles. The number of aromatic nitrogens is 4. The Morgan fingerprint density at radius 3 is 2.57 bits per heavy atom. The zero-order chi connectivity index (χ0) is 37.6. The second kappa shape index (κ2) is 14.4. The number of alkyl halides is 3. The summed E-state index contributed by atoms with van der Waals surface area (Å²) in [7, 11) is 1.08. The van der Waals surface area contributed by atoms with E-state index in [4.69, 9.17) is 27.5 Å². The summed E-state index contributed by atoms with van der Waals surface area (Å²) in [4.78, 5) is 30.6. The molecule has 0 fully saturated rings. The molecule has 4 aromatic rings. The smallest absolute Gasteiger partial charge is 0.434 e. The number of terminal acetylenes is 1. The maximum atomic E-state index is 14.5. The molecule has 1 amide bonds. The highest BCUT2D eigenvalue weighted by molar-refractivity contribution is 9.10. The molecule has 0 aliphatic carbocycles. The molecular formula is C33H29BrClF5N6O4S. The highest BCUT2D eigenvalue weighted by atomic mass is 79.9. The van der Waals surface area contributed by atoms with E-state index in [9.17, 15) is 31.5 Å². The lowest BCUT2D eigenvalue weighted by molar-refractivity contribution is -0.144. The number of esters is 1. The van der Waals surface area contributed by atoms with Gasteiger partial charge in [0, 0.05) is 43.2 Å². The number of halogens is 7. The predicted molar refractivity (Wildman–Crippen MR) is 183 cm³/mol. The Kier molecular flexibility index (Phi) is 10.7. The lowest BCUT2D eigenvalue weighted by atomic mass is 9.92. The number of hydrogen-bond acceptors (Lipinski definition) is 8. The maximum Gasteiger partial charge on any atom is 0.434 e. The van der Waals surface area contributed by atoms with Crippen LogP contribution in [0.15, 0.2) is 33.7 Å². The standard InChI is InChI=1S/C18H17FN4O2S.C15H12BrClF4N2O2/c1-4-5-22-13-7-12(11(19)6-14(13)25-9-16(22)24)20-17-23-10-18(2,3)8-15(23)21-26-17;1-6(2)25-14(24)7-4-8(10(18)5-9(7)17)12-11(16)13(15(19,20)21)23(3)22-12/h1,6-7H,5,8-10H2,2-3H3;4-6H,1-3H3. The third kappa shape index (κ3) is 7.97. The minimum Gasteiger partial charge on any atom is -0.481 e. The van der Waals surface area contributed by atoms with Gasteiger partial charge in [-0.15, -0.1) is 6.42 Å². The molecule has 10 nitrogen and oxygen atoms in total. The van der Waals surface area contributed by atoms with Crippen molar-refractivity contribution < 1.29 is 41.0 Å². The molecule has 0 bridgehead atoms. The Hall–Kier alpha value is -4.27. The van der Waals surface area contributed by atoms with Gasteiger partial charge < -0.3 is 14.0 Å². The van der Waals surface area contributed by atoms with E-state index >= 15 is 0 Å². The van der Waals surface area contributed by atoms with Crippen molar-refractivity contribution in [3.8, 4) is 29.4 Å². The molecule has 0 radical (unpaired) electrons. The van der Waals surface area contributed by atoms with Gasteiger partial charge in [0.15, 0.2) is 18.1 Å². The van der Waals surface area contributed by atoms with Gasteiger partial charge >= 0.3 is 12.1 Å². The van der Waals surface area contributed by atoms with Crippen molar-refractivity contribution in [2.45, 2.75) is 52.9 Å². The van der Waals surface area contributed by atoms with Crippen LogP contribution in [-0.4, -0.2) is 49.9 Å². The summed E-state index contributed by atoms with van der Waals surface area (Å²) in [6, 6.07) is 4.61. The zero-order valence-corrected chi connectivity index (χ0v) is 30.8. The van der Waals surface area contributed by atoms with E-state index in [1.54, 1.807) is 13.8 Å². The maximum absolute atomic E-state index is 14.5. The number of aryl methyl sites for hydroxylation is 1. The Morgan fingerprint density at radius 2 is 1.94 bits per heavy atom. The molecule has 0 saturated heterocycles. The van der Waals surface area contributed by atoms with Crippen molar-refractivity contribution in [1.29, 1.82) is 0 Å². The molecule has 51 heavy (non-hydrogen) atoms. The number of rotatable bonds is 5. The summed E-state index contributed by atoms with van der Waals surface area (Å²) >= 11 is 9.91. The van der Waals surface area contributed by atoms with E-state index in [0.29, 0.717) is 20.9 Å². The molecule has 0 atom stereocenters. The van der Waals surface area contributed by atoms with E-state index in [1.165, 1.54) is 28.6 Å². The van der Waals surface area contributed by atoms with Crippen LogP contribution in [0.25, 0.3) is 11.3 Å². The molecule has 2 aromatic carbocycles. The second-order valence-electron chi connectivity index (χ2n) is 12.6. The first-order valence-corrected chi connectivity index (χ1v) is 17.1. The Balaban J connectivity index is 0.000000198. The summed E-state index contributed by atoms with van der Waals surface area (Å²) in [5.74, 6) is 1.19. The number of fused-ring (bicyclic) bond motifs is 2. The number of nitrogens with zero attached hydrogens (tertiary/aromatic N) is 6. The molecule has 2 aliphatic heterocycles. The minimum atomic E-state index is -4.69. The number of amides is 1. The highest BCUT2D eigenvalue weighted by Gasteiger charge is 2.39. The van der Waals surface area contributed by atoms with Crippen LogP contribution in [0.5, 0.6) is 5.75 Å². The molecule has 2 aliphatic rings. The van der Waals surface area contributed by atoms with Crippen molar-refractivity contribution in [3.05, 3.63) is 67.3 Å². The first-order chi connectivity index (χ1) is 23.8. The summed E-state index contributed by atoms with van der Waals surface area (Å²) in [6.07, 6.45) is 1.07. The molecule has 4 heterocycles.